The van der Waals surface area contributed by atoms with Crippen molar-refractivity contribution in [1.29, 1.82) is 0 Å². The van der Waals surface area contributed by atoms with Crippen molar-refractivity contribution in [2.24, 2.45) is 0 Å². The standard InChI is InChI=1S/C21H16ClN3OS/c22-16-7-5-6-15(12-16)14-27-21-24-19-10-2-1-9-18(19)20(26)25(21)13-17-8-3-4-11-23-17/h1-12H,13-14H2. The summed E-state index contributed by atoms with van der Waals surface area (Å²) in [5.74, 6) is 0.674. The van der Waals surface area contributed by atoms with E-state index in [9.17, 15) is 4.79 Å². The number of benzene rings is 2. The molecule has 0 atom stereocenters. The third kappa shape index (κ3) is 4.04. The van der Waals surface area contributed by atoms with Crippen molar-refractivity contribution < 1.29 is 0 Å². The Balaban J connectivity index is 1.75. The summed E-state index contributed by atoms with van der Waals surface area (Å²) in [6.45, 7) is 0.384. The highest BCUT2D eigenvalue weighted by molar-refractivity contribution is 7.98. The molecule has 0 N–H and O–H groups in total. The van der Waals surface area contributed by atoms with E-state index in [4.69, 9.17) is 16.6 Å². The lowest BCUT2D eigenvalue weighted by Gasteiger charge is -2.13. The van der Waals surface area contributed by atoms with E-state index in [0.717, 1.165) is 11.3 Å². The minimum atomic E-state index is -0.0557. The van der Waals surface area contributed by atoms with Crippen molar-refractivity contribution in [2.45, 2.75) is 17.5 Å². The van der Waals surface area contributed by atoms with Gasteiger partial charge in [-0.3, -0.25) is 14.3 Å². The number of aromatic nitrogens is 3. The Morgan fingerprint density at radius 1 is 1.00 bits per heavy atom. The number of nitrogens with zero attached hydrogens (tertiary/aromatic N) is 3. The zero-order valence-electron chi connectivity index (χ0n) is 14.4. The monoisotopic (exact) mass is 393 g/mol. The molecule has 2 heterocycles. The SMILES string of the molecule is O=c1c2ccccc2nc(SCc2cccc(Cl)c2)n1Cc1ccccn1. The first kappa shape index (κ1) is 17.8. The average molecular weight is 394 g/mol. The molecular formula is C21H16ClN3OS. The van der Waals surface area contributed by atoms with Gasteiger partial charge in [-0.25, -0.2) is 4.98 Å². The molecule has 0 fully saturated rings. The van der Waals surface area contributed by atoms with Gasteiger partial charge in [0.1, 0.15) is 0 Å². The summed E-state index contributed by atoms with van der Waals surface area (Å²) in [5, 5.41) is 1.98. The van der Waals surface area contributed by atoms with E-state index in [2.05, 4.69) is 4.98 Å². The first-order valence-corrected chi connectivity index (χ1v) is 9.84. The van der Waals surface area contributed by atoms with Gasteiger partial charge in [-0.1, -0.05) is 53.7 Å². The molecule has 4 nitrogen and oxygen atoms in total. The van der Waals surface area contributed by atoms with E-state index in [1.807, 2.05) is 66.7 Å². The fourth-order valence-electron chi connectivity index (χ4n) is 2.83. The number of fused-ring (bicyclic) bond motifs is 1. The summed E-state index contributed by atoms with van der Waals surface area (Å²) in [5.41, 5.74) is 2.55. The molecule has 4 rings (SSSR count). The number of thioether (sulfide) groups is 1. The van der Waals surface area contributed by atoms with Crippen LogP contribution in [0.5, 0.6) is 0 Å². The molecule has 27 heavy (non-hydrogen) atoms. The maximum Gasteiger partial charge on any atom is 0.262 e. The number of pyridine rings is 1. The van der Waals surface area contributed by atoms with Crippen LogP contribution in [-0.4, -0.2) is 14.5 Å². The molecule has 0 radical (unpaired) electrons. The molecule has 2 aromatic carbocycles. The van der Waals surface area contributed by atoms with Gasteiger partial charge >= 0.3 is 0 Å². The van der Waals surface area contributed by atoms with Crippen molar-refractivity contribution in [3.05, 3.63) is 99.6 Å². The Hall–Kier alpha value is -2.63. The van der Waals surface area contributed by atoms with Crippen LogP contribution in [0, 0.1) is 0 Å². The highest BCUT2D eigenvalue weighted by Gasteiger charge is 2.12. The predicted octanol–water partition coefficient (Wildman–Crippen LogP) is 4.79. The van der Waals surface area contributed by atoms with Crippen LogP contribution < -0.4 is 5.56 Å². The molecule has 0 aliphatic heterocycles. The molecule has 0 saturated heterocycles. The van der Waals surface area contributed by atoms with Crippen LogP contribution >= 0.6 is 23.4 Å². The van der Waals surface area contributed by atoms with E-state index >= 15 is 0 Å². The zero-order chi connectivity index (χ0) is 18.6. The Kier molecular flexibility index (Phi) is 5.23. The number of para-hydroxylation sites is 1. The summed E-state index contributed by atoms with van der Waals surface area (Å²) in [7, 11) is 0. The van der Waals surface area contributed by atoms with Gasteiger partial charge in [0.15, 0.2) is 5.16 Å². The van der Waals surface area contributed by atoms with Crippen LogP contribution in [0.4, 0.5) is 0 Å². The molecular weight excluding hydrogens is 378 g/mol. The van der Waals surface area contributed by atoms with Gasteiger partial charge in [0.05, 0.1) is 23.1 Å². The molecule has 0 unspecified atom stereocenters. The fraction of sp³-hybridized carbons (Fsp3) is 0.0952. The molecule has 0 saturated carbocycles. The van der Waals surface area contributed by atoms with E-state index in [1.54, 1.807) is 10.8 Å². The van der Waals surface area contributed by atoms with Crippen molar-refractivity contribution >= 4 is 34.3 Å². The quantitative estimate of drug-likeness (QED) is 0.361. The second-order valence-corrected chi connectivity index (χ2v) is 7.42. The van der Waals surface area contributed by atoms with Gasteiger partial charge in [0, 0.05) is 17.0 Å². The molecule has 4 aromatic rings. The molecule has 0 amide bonds. The predicted molar refractivity (Wildman–Crippen MR) is 110 cm³/mol. The minimum Gasteiger partial charge on any atom is -0.281 e. The van der Waals surface area contributed by atoms with Crippen LogP contribution in [0.1, 0.15) is 11.3 Å². The smallest absolute Gasteiger partial charge is 0.262 e. The Bertz CT molecular complexity index is 1140. The Morgan fingerprint density at radius 3 is 2.67 bits per heavy atom. The van der Waals surface area contributed by atoms with Crippen LogP contribution in [0.3, 0.4) is 0 Å². The first-order valence-electron chi connectivity index (χ1n) is 8.47. The second kappa shape index (κ2) is 7.94. The summed E-state index contributed by atoms with van der Waals surface area (Å²) in [6.07, 6.45) is 1.73. The van der Waals surface area contributed by atoms with E-state index in [1.165, 1.54) is 11.8 Å². The minimum absolute atomic E-state index is 0.0557. The Labute approximate surface area is 165 Å². The summed E-state index contributed by atoms with van der Waals surface area (Å²) >= 11 is 7.60. The maximum atomic E-state index is 13.1. The molecule has 6 heteroatoms. The number of halogens is 1. The first-order chi connectivity index (χ1) is 13.2. The third-order valence-corrected chi connectivity index (χ3v) is 5.41. The Morgan fingerprint density at radius 2 is 1.85 bits per heavy atom. The second-order valence-electron chi connectivity index (χ2n) is 6.04. The van der Waals surface area contributed by atoms with Gasteiger partial charge < -0.3 is 0 Å². The lowest BCUT2D eigenvalue weighted by molar-refractivity contribution is 0.646. The van der Waals surface area contributed by atoms with Gasteiger partial charge in [-0.05, 0) is 42.0 Å². The largest absolute Gasteiger partial charge is 0.281 e. The van der Waals surface area contributed by atoms with Gasteiger partial charge in [0.25, 0.3) is 5.56 Å². The van der Waals surface area contributed by atoms with Gasteiger partial charge in [-0.2, -0.15) is 0 Å². The van der Waals surface area contributed by atoms with Crippen LogP contribution in [0.2, 0.25) is 5.02 Å². The van der Waals surface area contributed by atoms with Crippen molar-refractivity contribution in [3.8, 4) is 0 Å². The van der Waals surface area contributed by atoms with Crippen LogP contribution in [-0.2, 0) is 12.3 Å². The summed E-state index contributed by atoms with van der Waals surface area (Å²) < 4.78 is 1.69. The molecule has 0 aliphatic carbocycles. The molecule has 0 aliphatic rings. The van der Waals surface area contributed by atoms with E-state index in [-0.39, 0.29) is 5.56 Å². The highest BCUT2D eigenvalue weighted by Crippen LogP contribution is 2.24. The van der Waals surface area contributed by atoms with E-state index < -0.39 is 0 Å². The van der Waals surface area contributed by atoms with Crippen LogP contribution in [0.15, 0.2) is 82.9 Å². The molecule has 0 spiro atoms. The topological polar surface area (TPSA) is 47.8 Å². The fourth-order valence-corrected chi connectivity index (χ4v) is 3.98. The number of hydrogen-bond donors (Lipinski definition) is 0. The molecule has 2 aromatic heterocycles. The number of hydrogen-bond acceptors (Lipinski definition) is 4. The molecule has 0 bridgehead atoms. The zero-order valence-corrected chi connectivity index (χ0v) is 16.0. The van der Waals surface area contributed by atoms with Crippen molar-refractivity contribution in [1.82, 2.24) is 14.5 Å². The van der Waals surface area contributed by atoms with E-state index in [0.29, 0.717) is 33.4 Å². The third-order valence-electron chi connectivity index (χ3n) is 4.13. The van der Waals surface area contributed by atoms with Gasteiger partial charge in [0.2, 0.25) is 0 Å². The summed E-state index contributed by atoms with van der Waals surface area (Å²) in [6, 6.07) is 20.8. The van der Waals surface area contributed by atoms with Crippen molar-refractivity contribution in [3.63, 3.8) is 0 Å². The van der Waals surface area contributed by atoms with Crippen molar-refractivity contribution in [2.75, 3.05) is 0 Å². The normalized spacial score (nSPS) is 11.0. The molecule has 134 valence electrons. The van der Waals surface area contributed by atoms with Crippen LogP contribution in [0.25, 0.3) is 10.9 Å². The lowest BCUT2D eigenvalue weighted by Crippen LogP contribution is -2.24. The lowest BCUT2D eigenvalue weighted by atomic mass is 10.2. The highest BCUT2D eigenvalue weighted by atomic mass is 35.5. The summed E-state index contributed by atoms with van der Waals surface area (Å²) in [4.78, 5) is 22.2. The maximum absolute atomic E-state index is 13.1. The van der Waals surface area contributed by atoms with Gasteiger partial charge in [-0.15, -0.1) is 0 Å². The number of rotatable bonds is 5. The average Bonchev–Trinajstić information content (AvgIpc) is 2.70.